The van der Waals surface area contributed by atoms with E-state index in [-0.39, 0.29) is 42.3 Å². The smallest absolute Gasteiger partial charge is 0.163 e. The van der Waals surface area contributed by atoms with E-state index in [1.165, 1.54) is 0 Å². The SMILES string of the molecule is CC1(C)OC[C@@H](CO)O1.[Na]. The van der Waals surface area contributed by atoms with Crippen LogP contribution in [0.25, 0.3) is 0 Å². The van der Waals surface area contributed by atoms with Crippen molar-refractivity contribution in [1.29, 1.82) is 0 Å². The van der Waals surface area contributed by atoms with Gasteiger partial charge in [0.25, 0.3) is 0 Å². The maximum atomic E-state index is 8.59. The van der Waals surface area contributed by atoms with Gasteiger partial charge in [-0.25, -0.2) is 0 Å². The molecule has 1 fully saturated rings. The first-order valence-electron chi connectivity index (χ1n) is 3.07. The van der Waals surface area contributed by atoms with Gasteiger partial charge in [-0.1, -0.05) is 0 Å². The fraction of sp³-hybridized carbons (Fsp3) is 1.00. The van der Waals surface area contributed by atoms with Crippen LogP contribution in [0, 0.1) is 0 Å². The third-order valence-corrected chi connectivity index (χ3v) is 1.27. The minimum Gasteiger partial charge on any atom is -0.394 e. The van der Waals surface area contributed by atoms with Crippen molar-refractivity contribution < 1.29 is 14.6 Å². The monoisotopic (exact) mass is 155 g/mol. The van der Waals surface area contributed by atoms with Gasteiger partial charge in [0.15, 0.2) is 5.79 Å². The zero-order chi connectivity index (χ0) is 6.91. The molecule has 3 nitrogen and oxygen atoms in total. The minimum absolute atomic E-state index is 0. The van der Waals surface area contributed by atoms with E-state index in [2.05, 4.69) is 0 Å². The van der Waals surface area contributed by atoms with Crippen molar-refractivity contribution in [2.45, 2.75) is 25.7 Å². The molecule has 1 rings (SSSR count). The van der Waals surface area contributed by atoms with Gasteiger partial charge in [-0.3, -0.25) is 0 Å². The predicted molar refractivity (Wildman–Crippen MR) is 37.7 cm³/mol. The molecule has 4 heteroatoms. The van der Waals surface area contributed by atoms with Crippen LogP contribution in [0.4, 0.5) is 0 Å². The summed E-state index contributed by atoms with van der Waals surface area (Å²) in [5.74, 6) is -0.493. The molecule has 0 aromatic rings. The van der Waals surface area contributed by atoms with E-state index in [1.807, 2.05) is 13.8 Å². The van der Waals surface area contributed by atoms with Gasteiger partial charge in [-0.15, -0.1) is 0 Å². The summed E-state index contributed by atoms with van der Waals surface area (Å²) in [5, 5.41) is 8.59. The molecule has 10 heavy (non-hydrogen) atoms. The van der Waals surface area contributed by atoms with E-state index in [4.69, 9.17) is 14.6 Å². The first kappa shape index (κ1) is 10.9. The first-order chi connectivity index (χ1) is 4.14. The molecule has 1 atom stereocenters. The molecule has 0 aromatic heterocycles. The van der Waals surface area contributed by atoms with E-state index in [1.54, 1.807) is 0 Å². The van der Waals surface area contributed by atoms with Gasteiger partial charge >= 0.3 is 0 Å². The summed E-state index contributed by atoms with van der Waals surface area (Å²) in [4.78, 5) is 0. The van der Waals surface area contributed by atoms with Gasteiger partial charge in [-0.05, 0) is 13.8 Å². The molecule has 0 spiro atoms. The van der Waals surface area contributed by atoms with E-state index in [9.17, 15) is 0 Å². The maximum absolute atomic E-state index is 8.59. The molecule has 1 aliphatic heterocycles. The largest absolute Gasteiger partial charge is 0.394 e. The van der Waals surface area contributed by atoms with Gasteiger partial charge in [0.05, 0.1) is 13.2 Å². The Kier molecular flexibility index (Phi) is 4.40. The summed E-state index contributed by atoms with van der Waals surface area (Å²) < 4.78 is 10.4. The molecule has 1 N–H and O–H groups in total. The molecule has 1 aliphatic rings. The second-order valence-electron chi connectivity index (χ2n) is 2.63. The average Bonchev–Trinajstić information content (AvgIpc) is 2.10. The molecular weight excluding hydrogens is 143 g/mol. The number of aliphatic hydroxyl groups is 1. The molecule has 0 saturated carbocycles. The van der Waals surface area contributed by atoms with Gasteiger partial charge in [0.2, 0.25) is 0 Å². The summed E-state index contributed by atoms with van der Waals surface area (Å²) in [5.41, 5.74) is 0. The fourth-order valence-corrected chi connectivity index (χ4v) is 0.853. The number of hydrogen-bond donors (Lipinski definition) is 1. The van der Waals surface area contributed by atoms with Crippen molar-refractivity contribution in [3.8, 4) is 0 Å². The third kappa shape index (κ3) is 2.86. The Bertz CT molecular complexity index is 105. The summed E-state index contributed by atoms with van der Waals surface area (Å²) in [7, 11) is 0. The van der Waals surface area contributed by atoms with Crippen molar-refractivity contribution >= 4 is 29.6 Å². The standard InChI is InChI=1S/C6H12O3.Na/c1-6(2)8-4-5(3-7)9-6;/h5,7H,3-4H2,1-2H3;/t5-;/m1./s1. The van der Waals surface area contributed by atoms with Crippen molar-refractivity contribution in [2.24, 2.45) is 0 Å². The third-order valence-electron chi connectivity index (χ3n) is 1.27. The quantitative estimate of drug-likeness (QED) is 0.531. The molecule has 0 bridgehead atoms. The molecule has 0 unspecified atom stereocenters. The molecule has 1 radical (unpaired) electrons. The van der Waals surface area contributed by atoms with Crippen LogP contribution in [0.3, 0.4) is 0 Å². The summed E-state index contributed by atoms with van der Waals surface area (Å²) >= 11 is 0. The summed E-state index contributed by atoms with van der Waals surface area (Å²) in [6, 6.07) is 0. The molecule has 0 amide bonds. The Labute approximate surface area is 83.0 Å². The van der Waals surface area contributed by atoms with Gasteiger partial charge in [0, 0.05) is 29.6 Å². The first-order valence-corrected chi connectivity index (χ1v) is 3.07. The Balaban J connectivity index is 0.000000810. The van der Waals surface area contributed by atoms with Crippen LogP contribution in [-0.4, -0.2) is 59.8 Å². The Morgan fingerprint density at radius 1 is 1.60 bits per heavy atom. The van der Waals surface area contributed by atoms with Crippen LogP contribution in [0.2, 0.25) is 0 Å². The molecule has 0 aromatic carbocycles. The fourth-order valence-electron chi connectivity index (χ4n) is 0.853. The Morgan fingerprint density at radius 2 is 2.20 bits per heavy atom. The predicted octanol–water partition coefficient (Wildman–Crippen LogP) is -0.251. The average molecular weight is 155 g/mol. The molecule has 1 saturated heterocycles. The summed E-state index contributed by atoms with van der Waals surface area (Å²) in [6.45, 7) is 4.22. The van der Waals surface area contributed by atoms with E-state index in [0.717, 1.165) is 0 Å². The minimum atomic E-state index is -0.493. The van der Waals surface area contributed by atoms with Gasteiger partial charge in [0.1, 0.15) is 6.10 Å². The van der Waals surface area contributed by atoms with Crippen LogP contribution in [0.15, 0.2) is 0 Å². The van der Waals surface area contributed by atoms with E-state index < -0.39 is 5.79 Å². The number of ether oxygens (including phenoxy) is 2. The van der Waals surface area contributed by atoms with E-state index in [0.29, 0.717) is 6.61 Å². The number of rotatable bonds is 1. The van der Waals surface area contributed by atoms with Gasteiger partial charge in [-0.2, -0.15) is 0 Å². The zero-order valence-corrected chi connectivity index (χ0v) is 8.76. The normalized spacial score (nSPS) is 29.7. The molecule has 55 valence electrons. The van der Waals surface area contributed by atoms with Crippen LogP contribution >= 0.6 is 0 Å². The second-order valence-corrected chi connectivity index (χ2v) is 2.63. The number of aliphatic hydroxyl groups excluding tert-OH is 1. The van der Waals surface area contributed by atoms with Crippen LogP contribution < -0.4 is 0 Å². The Morgan fingerprint density at radius 3 is 2.40 bits per heavy atom. The van der Waals surface area contributed by atoms with Crippen LogP contribution in [0.5, 0.6) is 0 Å². The Hall–Kier alpha value is 0.880. The molecule has 0 aliphatic carbocycles. The van der Waals surface area contributed by atoms with Gasteiger partial charge < -0.3 is 14.6 Å². The van der Waals surface area contributed by atoms with Crippen LogP contribution in [-0.2, 0) is 9.47 Å². The van der Waals surface area contributed by atoms with Crippen LogP contribution in [0.1, 0.15) is 13.8 Å². The molecule has 1 heterocycles. The van der Waals surface area contributed by atoms with Crippen molar-refractivity contribution in [3.05, 3.63) is 0 Å². The van der Waals surface area contributed by atoms with Crippen molar-refractivity contribution in [2.75, 3.05) is 13.2 Å². The zero-order valence-electron chi connectivity index (χ0n) is 6.76. The van der Waals surface area contributed by atoms with Crippen molar-refractivity contribution in [3.63, 3.8) is 0 Å². The topological polar surface area (TPSA) is 38.7 Å². The van der Waals surface area contributed by atoms with E-state index >= 15 is 0 Å². The maximum Gasteiger partial charge on any atom is 0.163 e. The second kappa shape index (κ2) is 4.04. The number of hydrogen-bond acceptors (Lipinski definition) is 3. The summed E-state index contributed by atoms with van der Waals surface area (Å²) in [6.07, 6.45) is -0.125. The van der Waals surface area contributed by atoms with Crippen molar-refractivity contribution in [1.82, 2.24) is 0 Å². The molecular formula is C6H12NaO3.